The van der Waals surface area contributed by atoms with Crippen LogP contribution >= 0.6 is 0 Å². The van der Waals surface area contributed by atoms with E-state index in [0.29, 0.717) is 0 Å². The molecule has 1 atom stereocenters. The maximum absolute atomic E-state index is 12.7. The second kappa shape index (κ2) is 5.46. The van der Waals surface area contributed by atoms with E-state index in [-0.39, 0.29) is 24.2 Å². The number of nitrogens with one attached hydrogen (secondary N) is 1. The van der Waals surface area contributed by atoms with Crippen molar-refractivity contribution in [3.63, 3.8) is 0 Å². The van der Waals surface area contributed by atoms with Crippen LogP contribution in [0.5, 0.6) is 0 Å². The summed E-state index contributed by atoms with van der Waals surface area (Å²) in [6, 6.07) is 5.91. The van der Waals surface area contributed by atoms with Crippen LogP contribution in [0, 0.1) is 5.82 Å². The molecule has 0 radical (unpaired) electrons. The highest BCUT2D eigenvalue weighted by Crippen LogP contribution is 2.17. The first kappa shape index (κ1) is 11.7. The Morgan fingerprint density at radius 2 is 2.07 bits per heavy atom. The Morgan fingerprint density at radius 3 is 2.53 bits per heavy atom. The highest BCUT2D eigenvalue weighted by molar-refractivity contribution is 5.70. The molecule has 1 rings (SSSR count). The summed E-state index contributed by atoms with van der Waals surface area (Å²) < 4.78 is 17.2. The third-order valence-electron chi connectivity index (χ3n) is 2.22. The van der Waals surface area contributed by atoms with Crippen LogP contribution in [0.15, 0.2) is 24.3 Å². The molecule has 1 aromatic rings. The lowest BCUT2D eigenvalue weighted by atomic mass is 10.0. The summed E-state index contributed by atoms with van der Waals surface area (Å²) in [7, 11) is 3.09. The standard InChI is InChI=1S/C11H14FNO2/c1-13-10(7-11(14)15-2)8-3-5-9(12)6-4-8/h3-6,10,13H,7H2,1-2H3. The van der Waals surface area contributed by atoms with Gasteiger partial charge in [-0.05, 0) is 24.7 Å². The summed E-state index contributed by atoms with van der Waals surface area (Å²) in [4.78, 5) is 11.1. The van der Waals surface area contributed by atoms with Crippen LogP contribution in [0.2, 0.25) is 0 Å². The third kappa shape index (κ3) is 3.32. The van der Waals surface area contributed by atoms with Gasteiger partial charge in [-0.1, -0.05) is 12.1 Å². The van der Waals surface area contributed by atoms with Gasteiger partial charge < -0.3 is 10.1 Å². The van der Waals surface area contributed by atoms with Crippen molar-refractivity contribution in [2.75, 3.05) is 14.2 Å². The van der Waals surface area contributed by atoms with Crippen molar-refractivity contribution >= 4 is 5.97 Å². The lowest BCUT2D eigenvalue weighted by molar-refractivity contribution is -0.141. The average molecular weight is 211 g/mol. The van der Waals surface area contributed by atoms with Gasteiger partial charge in [-0.3, -0.25) is 4.79 Å². The van der Waals surface area contributed by atoms with E-state index in [1.54, 1.807) is 19.2 Å². The molecule has 0 aliphatic rings. The van der Waals surface area contributed by atoms with Crippen LogP contribution in [-0.2, 0) is 9.53 Å². The lowest BCUT2D eigenvalue weighted by Crippen LogP contribution is -2.20. The number of hydrogen-bond donors (Lipinski definition) is 1. The van der Waals surface area contributed by atoms with Crippen molar-refractivity contribution in [2.24, 2.45) is 0 Å². The third-order valence-corrected chi connectivity index (χ3v) is 2.22. The van der Waals surface area contributed by atoms with E-state index in [1.165, 1.54) is 19.2 Å². The van der Waals surface area contributed by atoms with E-state index in [1.807, 2.05) is 0 Å². The molecule has 3 nitrogen and oxygen atoms in total. The van der Waals surface area contributed by atoms with Gasteiger partial charge in [-0.2, -0.15) is 0 Å². The average Bonchev–Trinajstić information content (AvgIpc) is 2.27. The van der Waals surface area contributed by atoms with Gasteiger partial charge in [0.1, 0.15) is 5.82 Å². The van der Waals surface area contributed by atoms with Crippen LogP contribution in [0.4, 0.5) is 4.39 Å². The SMILES string of the molecule is CNC(CC(=O)OC)c1ccc(F)cc1. The van der Waals surface area contributed by atoms with Crippen molar-refractivity contribution < 1.29 is 13.9 Å². The molecule has 1 unspecified atom stereocenters. The number of rotatable bonds is 4. The molecule has 1 aromatic carbocycles. The Bertz CT molecular complexity index is 324. The molecule has 0 saturated heterocycles. The van der Waals surface area contributed by atoms with E-state index >= 15 is 0 Å². The lowest BCUT2D eigenvalue weighted by Gasteiger charge is -2.14. The molecular weight excluding hydrogens is 197 g/mol. The van der Waals surface area contributed by atoms with Crippen molar-refractivity contribution in [3.8, 4) is 0 Å². The Balaban J connectivity index is 2.74. The second-order valence-corrected chi connectivity index (χ2v) is 3.17. The summed E-state index contributed by atoms with van der Waals surface area (Å²) in [5, 5.41) is 2.98. The van der Waals surface area contributed by atoms with E-state index < -0.39 is 0 Å². The highest BCUT2D eigenvalue weighted by atomic mass is 19.1. The predicted molar refractivity (Wildman–Crippen MR) is 54.8 cm³/mol. The van der Waals surface area contributed by atoms with Gasteiger partial charge in [0.05, 0.1) is 13.5 Å². The summed E-state index contributed by atoms with van der Waals surface area (Å²) in [5.74, 6) is -0.578. The minimum atomic E-state index is -0.293. The van der Waals surface area contributed by atoms with Crippen LogP contribution in [0.3, 0.4) is 0 Å². The normalized spacial score (nSPS) is 12.2. The number of ether oxygens (including phenoxy) is 1. The number of benzene rings is 1. The number of methoxy groups -OCH3 is 1. The van der Waals surface area contributed by atoms with Crippen molar-refractivity contribution in [1.29, 1.82) is 0 Å². The summed E-state index contributed by atoms with van der Waals surface area (Å²) in [6.07, 6.45) is 0.235. The van der Waals surface area contributed by atoms with E-state index in [0.717, 1.165) is 5.56 Å². The molecule has 0 heterocycles. The number of halogens is 1. The van der Waals surface area contributed by atoms with Crippen LogP contribution in [0.25, 0.3) is 0 Å². The Kier molecular flexibility index (Phi) is 4.24. The maximum atomic E-state index is 12.7. The van der Waals surface area contributed by atoms with E-state index in [2.05, 4.69) is 10.1 Å². The Labute approximate surface area is 88.2 Å². The molecule has 0 bridgehead atoms. The smallest absolute Gasteiger partial charge is 0.307 e. The molecule has 82 valence electrons. The first-order valence-corrected chi connectivity index (χ1v) is 4.67. The summed E-state index contributed by atoms with van der Waals surface area (Å²) >= 11 is 0. The molecule has 0 aliphatic heterocycles. The first-order chi connectivity index (χ1) is 7.17. The minimum absolute atomic E-state index is 0.141. The van der Waals surface area contributed by atoms with Gasteiger partial charge in [0.2, 0.25) is 0 Å². The van der Waals surface area contributed by atoms with Crippen LogP contribution in [0.1, 0.15) is 18.0 Å². The second-order valence-electron chi connectivity index (χ2n) is 3.17. The van der Waals surface area contributed by atoms with Gasteiger partial charge in [0.25, 0.3) is 0 Å². The van der Waals surface area contributed by atoms with E-state index in [4.69, 9.17) is 0 Å². The van der Waals surface area contributed by atoms with Gasteiger partial charge in [0.15, 0.2) is 0 Å². The predicted octanol–water partition coefficient (Wildman–Crippen LogP) is 1.65. The fraction of sp³-hybridized carbons (Fsp3) is 0.364. The number of hydrogen-bond acceptors (Lipinski definition) is 3. The van der Waals surface area contributed by atoms with Gasteiger partial charge >= 0.3 is 5.97 Å². The van der Waals surface area contributed by atoms with E-state index in [9.17, 15) is 9.18 Å². The van der Waals surface area contributed by atoms with Gasteiger partial charge in [-0.15, -0.1) is 0 Å². The molecule has 0 fully saturated rings. The monoisotopic (exact) mass is 211 g/mol. The van der Waals surface area contributed by atoms with Crippen molar-refractivity contribution in [3.05, 3.63) is 35.6 Å². The Hall–Kier alpha value is -1.42. The van der Waals surface area contributed by atoms with Crippen LogP contribution in [-0.4, -0.2) is 20.1 Å². The Morgan fingerprint density at radius 1 is 1.47 bits per heavy atom. The zero-order chi connectivity index (χ0) is 11.3. The fourth-order valence-electron chi connectivity index (χ4n) is 1.33. The van der Waals surface area contributed by atoms with Crippen molar-refractivity contribution in [2.45, 2.75) is 12.5 Å². The molecule has 4 heteroatoms. The zero-order valence-electron chi connectivity index (χ0n) is 8.79. The highest BCUT2D eigenvalue weighted by Gasteiger charge is 2.14. The quantitative estimate of drug-likeness (QED) is 0.769. The minimum Gasteiger partial charge on any atom is -0.469 e. The number of carbonyl (C=O) groups excluding carboxylic acids is 1. The molecule has 0 aromatic heterocycles. The first-order valence-electron chi connectivity index (χ1n) is 4.67. The summed E-state index contributed by atoms with van der Waals surface area (Å²) in [6.45, 7) is 0. The number of esters is 1. The molecule has 0 spiro atoms. The zero-order valence-corrected chi connectivity index (χ0v) is 8.79. The summed E-state index contributed by atoms with van der Waals surface area (Å²) in [5.41, 5.74) is 0.865. The molecular formula is C11H14FNO2. The molecule has 15 heavy (non-hydrogen) atoms. The van der Waals surface area contributed by atoms with Gasteiger partial charge in [-0.25, -0.2) is 4.39 Å². The fourth-order valence-corrected chi connectivity index (χ4v) is 1.33. The largest absolute Gasteiger partial charge is 0.469 e. The van der Waals surface area contributed by atoms with Crippen LogP contribution < -0.4 is 5.32 Å². The molecule has 0 amide bonds. The topological polar surface area (TPSA) is 38.3 Å². The maximum Gasteiger partial charge on any atom is 0.307 e. The molecule has 0 saturated carbocycles. The van der Waals surface area contributed by atoms with Crippen molar-refractivity contribution in [1.82, 2.24) is 5.32 Å². The molecule has 0 aliphatic carbocycles. The number of carbonyl (C=O) groups is 1. The van der Waals surface area contributed by atoms with Gasteiger partial charge in [0, 0.05) is 6.04 Å². The molecule has 1 N–H and O–H groups in total.